The Balaban J connectivity index is 2.22. The molecule has 1 unspecified atom stereocenters. The molecule has 4 heteroatoms. The molecule has 0 aliphatic carbocycles. The largest absolute Gasteiger partial charge is 0.316 e. The van der Waals surface area contributed by atoms with Crippen molar-refractivity contribution in [3.05, 3.63) is 0 Å². The number of sulfone groups is 1. The SMILES string of the molecule is CS(=O)(=O)CCC1CCCNC1. The highest BCUT2D eigenvalue weighted by atomic mass is 32.2. The van der Waals surface area contributed by atoms with Crippen LogP contribution in [0, 0.1) is 5.92 Å². The lowest BCUT2D eigenvalue weighted by molar-refractivity contribution is 0.369. The summed E-state index contributed by atoms with van der Waals surface area (Å²) in [5, 5.41) is 3.28. The van der Waals surface area contributed by atoms with Crippen LogP contribution in [0.25, 0.3) is 0 Å². The van der Waals surface area contributed by atoms with Gasteiger partial charge in [0.1, 0.15) is 9.84 Å². The van der Waals surface area contributed by atoms with Crippen LogP contribution in [-0.4, -0.2) is 33.5 Å². The van der Waals surface area contributed by atoms with Crippen LogP contribution in [0.3, 0.4) is 0 Å². The van der Waals surface area contributed by atoms with E-state index in [1.165, 1.54) is 19.1 Å². The number of nitrogens with one attached hydrogen (secondary N) is 1. The highest BCUT2D eigenvalue weighted by Gasteiger charge is 2.14. The zero-order valence-corrected chi connectivity index (χ0v) is 8.36. The number of piperidine rings is 1. The fourth-order valence-corrected chi connectivity index (χ4v) is 2.31. The van der Waals surface area contributed by atoms with E-state index < -0.39 is 9.84 Å². The maximum absolute atomic E-state index is 10.9. The minimum Gasteiger partial charge on any atom is -0.316 e. The normalized spacial score (nSPS) is 25.6. The summed E-state index contributed by atoms with van der Waals surface area (Å²) >= 11 is 0. The number of rotatable bonds is 3. The van der Waals surface area contributed by atoms with Crippen LogP contribution in [0.2, 0.25) is 0 Å². The molecule has 0 aromatic carbocycles. The van der Waals surface area contributed by atoms with Crippen LogP contribution in [0.4, 0.5) is 0 Å². The van der Waals surface area contributed by atoms with Gasteiger partial charge in [0.2, 0.25) is 0 Å². The highest BCUT2D eigenvalue weighted by molar-refractivity contribution is 7.90. The second-order valence-corrected chi connectivity index (χ2v) is 5.89. The molecule has 72 valence electrons. The molecule has 1 saturated heterocycles. The Hall–Kier alpha value is -0.0900. The minimum absolute atomic E-state index is 0.347. The predicted octanol–water partition coefficient (Wildman–Crippen LogP) is 0.421. The Bertz CT molecular complexity index is 217. The average molecular weight is 191 g/mol. The first-order chi connectivity index (χ1) is 5.58. The lowest BCUT2D eigenvalue weighted by atomic mass is 9.97. The van der Waals surface area contributed by atoms with Gasteiger partial charge in [-0.05, 0) is 38.3 Å². The van der Waals surface area contributed by atoms with Gasteiger partial charge in [-0.3, -0.25) is 0 Å². The predicted molar refractivity (Wildman–Crippen MR) is 49.9 cm³/mol. The van der Waals surface area contributed by atoms with E-state index >= 15 is 0 Å². The maximum Gasteiger partial charge on any atom is 0.147 e. The molecule has 0 amide bonds. The average Bonchev–Trinajstić information content (AvgIpc) is 2.02. The third-order valence-electron chi connectivity index (χ3n) is 2.30. The smallest absolute Gasteiger partial charge is 0.147 e. The van der Waals surface area contributed by atoms with Crippen LogP contribution in [0.1, 0.15) is 19.3 Å². The fourth-order valence-electron chi connectivity index (χ4n) is 1.55. The van der Waals surface area contributed by atoms with E-state index in [-0.39, 0.29) is 0 Å². The van der Waals surface area contributed by atoms with E-state index in [0.29, 0.717) is 11.7 Å². The summed E-state index contributed by atoms with van der Waals surface area (Å²) < 4.78 is 21.7. The zero-order valence-electron chi connectivity index (χ0n) is 7.54. The summed E-state index contributed by atoms with van der Waals surface area (Å²) in [5.41, 5.74) is 0. The van der Waals surface area contributed by atoms with Gasteiger partial charge in [0, 0.05) is 6.26 Å². The van der Waals surface area contributed by atoms with Gasteiger partial charge in [-0.1, -0.05) is 0 Å². The topological polar surface area (TPSA) is 46.2 Å². The van der Waals surface area contributed by atoms with Crippen LogP contribution in [0.15, 0.2) is 0 Å². The van der Waals surface area contributed by atoms with E-state index in [1.807, 2.05) is 0 Å². The third-order valence-corrected chi connectivity index (χ3v) is 3.27. The molecule has 1 rings (SSSR count). The van der Waals surface area contributed by atoms with Gasteiger partial charge >= 0.3 is 0 Å². The van der Waals surface area contributed by atoms with Crippen molar-refractivity contribution in [2.45, 2.75) is 19.3 Å². The van der Waals surface area contributed by atoms with Crippen molar-refractivity contribution in [3.63, 3.8) is 0 Å². The van der Waals surface area contributed by atoms with E-state index in [0.717, 1.165) is 19.5 Å². The Morgan fingerprint density at radius 1 is 1.50 bits per heavy atom. The quantitative estimate of drug-likeness (QED) is 0.703. The Kier molecular flexibility index (Phi) is 3.53. The minimum atomic E-state index is -2.75. The summed E-state index contributed by atoms with van der Waals surface area (Å²) in [6, 6.07) is 0. The molecule has 1 N–H and O–H groups in total. The van der Waals surface area contributed by atoms with Gasteiger partial charge in [0.05, 0.1) is 5.75 Å². The van der Waals surface area contributed by atoms with Gasteiger partial charge in [0.25, 0.3) is 0 Å². The molecular formula is C8H17NO2S. The second-order valence-electron chi connectivity index (χ2n) is 3.63. The van der Waals surface area contributed by atoms with Crippen molar-refractivity contribution in [2.24, 2.45) is 5.92 Å². The van der Waals surface area contributed by atoms with E-state index in [1.54, 1.807) is 0 Å². The zero-order chi connectivity index (χ0) is 9.03. The Labute approximate surface area is 74.5 Å². The molecule has 0 spiro atoms. The summed E-state index contributed by atoms with van der Waals surface area (Å²) in [6.07, 6.45) is 4.51. The molecule has 1 heterocycles. The molecule has 3 nitrogen and oxygen atoms in total. The summed E-state index contributed by atoms with van der Waals surface area (Å²) in [4.78, 5) is 0. The first kappa shape index (κ1) is 9.99. The first-order valence-electron chi connectivity index (χ1n) is 4.46. The maximum atomic E-state index is 10.9. The van der Waals surface area contributed by atoms with Crippen molar-refractivity contribution in [1.29, 1.82) is 0 Å². The van der Waals surface area contributed by atoms with Gasteiger partial charge in [-0.2, -0.15) is 0 Å². The molecule has 0 radical (unpaired) electrons. The highest BCUT2D eigenvalue weighted by Crippen LogP contribution is 2.14. The van der Waals surface area contributed by atoms with Gasteiger partial charge < -0.3 is 5.32 Å². The van der Waals surface area contributed by atoms with Crippen molar-refractivity contribution < 1.29 is 8.42 Å². The summed E-state index contributed by atoms with van der Waals surface area (Å²) in [6.45, 7) is 2.09. The third kappa shape index (κ3) is 4.07. The summed E-state index contributed by atoms with van der Waals surface area (Å²) in [7, 11) is -2.75. The lowest BCUT2D eigenvalue weighted by Gasteiger charge is -2.21. The van der Waals surface area contributed by atoms with E-state index in [9.17, 15) is 8.42 Å². The number of hydrogen-bond donors (Lipinski definition) is 1. The van der Waals surface area contributed by atoms with Crippen molar-refractivity contribution in [2.75, 3.05) is 25.1 Å². The Morgan fingerprint density at radius 2 is 2.25 bits per heavy atom. The molecule has 1 aliphatic rings. The van der Waals surface area contributed by atoms with E-state index in [4.69, 9.17) is 0 Å². The summed E-state index contributed by atoms with van der Waals surface area (Å²) in [5.74, 6) is 0.924. The van der Waals surface area contributed by atoms with Crippen molar-refractivity contribution in [1.82, 2.24) is 5.32 Å². The molecule has 1 aliphatic heterocycles. The molecule has 0 aromatic rings. The molecule has 1 fully saturated rings. The molecule has 1 atom stereocenters. The monoisotopic (exact) mass is 191 g/mol. The molecular weight excluding hydrogens is 174 g/mol. The van der Waals surface area contributed by atoms with Gasteiger partial charge in [-0.25, -0.2) is 8.42 Å². The van der Waals surface area contributed by atoms with Crippen LogP contribution in [0.5, 0.6) is 0 Å². The van der Waals surface area contributed by atoms with Gasteiger partial charge in [-0.15, -0.1) is 0 Å². The van der Waals surface area contributed by atoms with Crippen molar-refractivity contribution in [3.8, 4) is 0 Å². The fraction of sp³-hybridized carbons (Fsp3) is 1.00. The first-order valence-corrected chi connectivity index (χ1v) is 6.52. The van der Waals surface area contributed by atoms with Crippen LogP contribution >= 0.6 is 0 Å². The number of hydrogen-bond acceptors (Lipinski definition) is 3. The van der Waals surface area contributed by atoms with Crippen LogP contribution in [-0.2, 0) is 9.84 Å². The van der Waals surface area contributed by atoms with Crippen LogP contribution < -0.4 is 5.32 Å². The molecule has 0 aromatic heterocycles. The molecule has 0 saturated carbocycles. The lowest BCUT2D eigenvalue weighted by Crippen LogP contribution is -2.30. The van der Waals surface area contributed by atoms with Crippen molar-refractivity contribution >= 4 is 9.84 Å². The Morgan fingerprint density at radius 3 is 2.75 bits per heavy atom. The molecule has 12 heavy (non-hydrogen) atoms. The standard InChI is InChI=1S/C8H17NO2S/c1-12(10,11)6-4-8-3-2-5-9-7-8/h8-9H,2-7H2,1H3. The second kappa shape index (κ2) is 4.23. The molecule has 0 bridgehead atoms. The van der Waals surface area contributed by atoms with E-state index in [2.05, 4.69) is 5.32 Å². The van der Waals surface area contributed by atoms with Gasteiger partial charge in [0.15, 0.2) is 0 Å².